The number of esters is 1. The van der Waals surface area contributed by atoms with Gasteiger partial charge in [0.25, 0.3) is 0 Å². The highest BCUT2D eigenvalue weighted by atomic mass is 16.5. The van der Waals surface area contributed by atoms with E-state index in [0.29, 0.717) is 5.69 Å². The van der Waals surface area contributed by atoms with Gasteiger partial charge in [-0.25, -0.2) is 4.79 Å². The lowest BCUT2D eigenvalue weighted by atomic mass is 10.3. The van der Waals surface area contributed by atoms with Gasteiger partial charge in [0.1, 0.15) is 6.07 Å². The molecule has 0 aromatic carbocycles. The van der Waals surface area contributed by atoms with Crippen molar-refractivity contribution in [2.45, 2.75) is 6.92 Å². The van der Waals surface area contributed by atoms with Crippen LogP contribution in [-0.4, -0.2) is 17.6 Å². The van der Waals surface area contributed by atoms with E-state index in [1.807, 2.05) is 0 Å². The topological polar surface area (TPSA) is 75.0 Å². The molecule has 0 bridgehead atoms. The molecule has 82 valence electrons. The number of hydrogen-bond acceptors (Lipinski definition) is 5. The molecule has 0 saturated carbocycles. The second-order valence-electron chi connectivity index (χ2n) is 2.78. The Balaban J connectivity index is 2.68. The number of rotatable bonds is 4. The van der Waals surface area contributed by atoms with Crippen molar-refractivity contribution < 1.29 is 9.53 Å². The Kier molecular flexibility index (Phi) is 4.54. The summed E-state index contributed by atoms with van der Waals surface area (Å²) < 4.78 is 4.70. The number of carbonyl (C=O) groups is 1. The van der Waals surface area contributed by atoms with Gasteiger partial charge >= 0.3 is 5.97 Å². The van der Waals surface area contributed by atoms with E-state index >= 15 is 0 Å². The van der Waals surface area contributed by atoms with Gasteiger partial charge in [0.05, 0.1) is 18.5 Å². The van der Waals surface area contributed by atoms with Crippen molar-refractivity contribution in [3.63, 3.8) is 0 Å². The van der Waals surface area contributed by atoms with Crippen LogP contribution in [0.25, 0.3) is 0 Å². The number of nitriles is 1. The number of pyridine rings is 1. The summed E-state index contributed by atoms with van der Waals surface area (Å²) in [5.74, 6) is -0.638. The number of aromatic nitrogens is 1. The molecule has 0 aliphatic rings. The molecule has 1 aromatic heterocycles. The number of nitrogens with one attached hydrogen (secondary N) is 1. The van der Waals surface area contributed by atoms with E-state index in [4.69, 9.17) is 10.00 Å². The smallest absolute Gasteiger partial charge is 0.350 e. The SMILES string of the molecule is CCOC(=O)/C(C#N)=C/Nc1cccnc1. The normalized spacial score (nSPS) is 10.4. The van der Waals surface area contributed by atoms with Crippen molar-refractivity contribution in [3.05, 3.63) is 36.3 Å². The van der Waals surface area contributed by atoms with Crippen molar-refractivity contribution in [1.29, 1.82) is 5.26 Å². The molecule has 1 N–H and O–H groups in total. The van der Waals surface area contributed by atoms with Crippen LogP contribution in [0.3, 0.4) is 0 Å². The third-order valence-electron chi connectivity index (χ3n) is 1.66. The summed E-state index contributed by atoms with van der Waals surface area (Å²) in [6, 6.07) is 5.27. The molecule has 0 fully saturated rings. The monoisotopic (exact) mass is 217 g/mol. The van der Waals surface area contributed by atoms with Gasteiger partial charge in [0.2, 0.25) is 0 Å². The average Bonchev–Trinajstić information content (AvgIpc) is 2.31. The fourth-order valence-corrected chi connectivity index (χ4v) is 0.949. The van der Waals surface area contributed by atoms with Crippen molar-refractivity contribution in [3.8, 4) is 6.07 Å². The van der Waals surface area contributed by atoms with Crippen molar-refractivity contribution in [2.24, 2.45) is 0 Å². The molecule has 5 heteroatoms. The molecular formula is C11H11N3O2. The Bertz CT molecular complexity index is 421. The average molecular weight is 217 g/mol. The largest absolute Gasteiger partial charge is 0.462 e. The van der Waals surface area contributed by atoms with Gasteiger partial charge in [0, 0.05) is 12.4 Å². The molecule has 1 rings (SSSR count). The lowest BCUT2D eigenvalue weighted by molar-refractivity contribution is -0.138. The van der Waals surface area contributed by atoms with E-state index in [0.717, 1.165) is 0 Å². The molecule has 1 aromatic rings. The summed E-state index contributed by atoms with van der Waals surface area (Å²) in [7, 11) is 0. The minimum Gasteiger partial charge on any atom is -0.462 e. The van der Waals surface area contributed by atoms with Crippen LogP contribution in [0, 0.1) is 11.3 Å². The first-order chi connectivity index (χ1) is 7.77. The molecule has 0 aliphatic heterocycles. The maximum Gasteiger partial charge on any atom is 0.350 e. The summed E-state index contributed by atoms with van der Waals surface area (Å²) in [6.45, 7) is 1.92. The Morgan fingerprint density at radius 2 is 2.56 bits per heavy atom. The minimum absolute atomic E-state index is 0.0781. The Hall–Kier alpha value is -2.35. The fraction of sp³-hybridized carbons (Fsp3) is 0.182. The Labute approximate surface area is 93.4 Å². The van der Waals surface area contributed by atoms with Gasteiger partial charge < -0.3 is 10.1 Å². The van der Waals surface area contributed by atoms with Gasteiger partial charge in [-0.1, -0.05) is 0 Å². The molecule has 0 atom stereocenters. The number of hydrogen-bond donors (Lipinski definition) is 1. The zero-order chi connectivity index (χ0) is 11.8. The fourth-order valence-electron chi connectivity index (χ4n) is 0.949. The summed E-state index contributed by atoms with van der Waals surface area (Å²) in [4.78, 5) is 15.1. The van der Waals surface area contributed by atoms with Crippen LogP contribution in [0.5, 0.6) is 0 Å². The summed E-state index contributed by atoms with van der Waals surface area (Å²) in [5.41, 5.74) is 0.616. The quantitative estimate of drug-likeness (QED) is 0.469. The summed E-state index contributed by atoms with van der Waals surface area (Å²) in [6.07, 6.45) is 4.51. The van der Waals surface area contributed by atoms with Crippen molar-refractivity contribution in [2.75, 3.05) is 11.9 Å². The van der Waals surface area contributed by atoms with Crippen LogP contribution in [0.15, 0.2) is 36.3 Å². The van der Waals surface area contributed by atoms with Crippen molar-refractivity contribution in [1.82, 2.24) is 4.98 Å². The highest BCUT2D eigenvalue weighted by Crippen LogP contribution is 2.04. The van der Waals surface area contributed by atoms with E-state index in [2.05, 4.69) is 10.3 Å². The maximum atomic E-state index is 11.2. The van der Waals surface area contributed by atoms with Crippen LogP contribution in [-0.2, 0) is 9.53 Å². The first-order valence-corrected chi connectivity index (χ1v) is 4.72. The highest BCUT2D eigenvalue weighted by Gasteiger charge is 2.08. The molecule has 5 nitrogen and oxygen atoms in total. The summed E-state index contributed by atoms with van der Waals surface area (Å²) >= 11 is 0. The molecular weight excluding hydrogens is 206 g/mol. The lowest BCUT2D eigenvalue weighted by Gasteiger charge is -2.01. The molecule has 0 unspecified atom stereocenters. The molecule has 0 radical (unpaired) electrons. The van der Waals surface area contributed by atoms with Gasteiger partial charge in [-0.05, 0) is 19.1 Å². The predicted octanol–water partition coefficient (Wildman–Crippen LogP) is 1.46. The zero-order valence-electron chi connectivity index (χ0n) is 8.80. The van der Waals surface area contributed by atoms with E-state index < -0.39 is 5.97 Å². The first-order valence-electron chi connectivity index (χ1n) is 4.72. The van der Waals surface area contributed by atoms with E-state index in [-0.39, 0.29) is 12.2 Å². The third-order valence-corrected chi connectivity index (χ3v) is 1.66. The molecule has 16 heavy (non-hydrogen) atoms. The second kappa shape index (κ2) is 6.19. The molecule has 0 spiro atoms. The zero-order valence-corrected chi connectivity index (χ0v) is 8.80. The van der Waals surface area contributed by atoms with Crippen LogP contribution < -0.4 is 5.32 Å². The lowest BCUT2D eigenvalue weighted by Crippen LogP contribution is -2.07. The molecule has 1 heterocycles. The van der Waals surface area contributed by atoms with Crippen LogP contribution in [0.4, 0.5) is 5.69 Å². The number of carbonyl (C=O) groups excluding carboxylic acids is 1. The van der Waals surface area contributed by atoms with Crippen molar-refractivity contribution >= 4 is 11.7 Å². The van der Waals surface area contributed by atoms with Gasteiger partial charge in [-0.2, -0.15) is 5.26 Å². The highest BCUT2D eigenvalue weighted by molar-refractivity contribution is 5.93. The standard InChI is InChI=1S/C11H11N3O2/c1-2-16-11(15)9(6-12)7-14-10-4-3-5-13-8-10/h3-5,7-8,14H,2H2,1H3/b9-7+. The summed E-state index contributed by atoms with van der Waals surface area (Å²) in [5, 5.41) is 11.5. The number of nitrogens with zero attached hydrogens (tertiary/aromatic N) is 2. The Morgan fingerprint density at radius 1 is 1.75 bits per heavy atom. The third kappa shape index (κ3) is 3.42. The number of anilines is 1. The van der Waals surface area contributed by atoms with Gasteiger partial charge in [-0.15, -0.1) is 0 Å². The van der Waals surface area contributed by atoms with E-state index in [1.165, 1.54) is 6.20 Å². The molecule has 0 aliphatic carbocycles. The molecule has 0 saturated heterocycles. The Morgan fingerprint density at radius 3 is 3.12 bits per heavy atom. The minimum atomic E-state index is -0.638. The van der Waals surface area contributed by atoms with Crippen LogP contribution in [0.2, 0.25) is 0 Å². The number of ether oxygens (including phenoxy) is 1. The maximum absolute atomic E-state index is 11.2. The van der Waals surface area contributed by atoms with Gasteiger partial charge in [0.15, 0.2) is 5.57 Å². The van der Waals surface area contributed by atoms with E-state index in [1.54, 1.807) is 37.5 Å². The van der Waals surface area contributed by atoms with Crippen LogP contribution in [0.1, 0.15) is 6.92 Å². The van der Waals surface area contributed by atoms with Gasteiger partial charge in [-0.3, -0.25) is 4.98 Å². The first kappa shape index (κ1) is 11.7. The predicted molar refractivity (Wildman–Crippen MR) is 58.2 cm³/mol. The molecule has 0 amide bonds. The second-order valence-corrected chi connectivity index (χ2v) is 2.78. The van der Waals surface area contributed by atoms with Crippen LogP contribution >= 0.6 is 0 Å². The van der Waals surface area contributed by atoms with E-state index in [9.17, 15) is 4.79 Å².